The molecule has 0 spiro atoms. The molecule has 2 rings (SSSR count). The summed E-state index contributed by atoms with van der Waals surface area (Å²) in [6.07, 6.45) is 0. The van der Waals surface area contributed by atoms with Crippen molar-refractivity contribution in [1.29, 1.82) is 0 Å². The molecule has 0 aromatic heterocycles. The standard InChI is InChI=1S/C17H15Br3N2O3/c1-10(11-3-5-12(18)6-4-11)21-22-16(23)9-25-17-14(20)7-13(19)8-15(17)24-2/h3-8H,9H2,1-2H3,(H,22,23). The minimum atomic E-state index is -0.367. The number of ether oxygens (including phenoxy) is 2. The summed E-state index contributed by atoms with van der Waals surface area (Å²) < 4.78 is 13.3. The Bertz CT molecular complexity index is 792. The van der Waals surface area contributed by atoms with Gasteiger partial charge in [0.2, 0.25) is 0 Å². The molecule has 25 heavy (non-hydrogen) atoms. The molecule has 0 unspecified atom stereocenters. The Morgan fingerprint density at radius 3 is 2.44 bits per heavy atom. The van der Waals surface area contributed by atoms with Gasteiger partial charge in [-0.1, -0.05) is 44.0 Å². The maximum absolute atomic E-state index is 12.0. The Morgan fingerprint density at radius 2 is 1.80 bits per heavy atom. The van der Waals surface area contributed by atoms with Gasteiger partial charge in [-0.3, -0.25) is 4.79 Å². The van der Waals surface area contributed by atoms with E-state index in [2.05, 4.69) is 58.3 Å². The zero-order valence-corrected chi connectivity index (χ0v) is 18.2. The molecule has 0 saturated heterocycles. The van der Waals surface area contributed by atoms with Crippen LogP contribution in [0.3, 0.4) is 0 Å². The molecule has 1 amide bonds. The van der Waals surface area contributed by atoms with Crippen molar-refractivity contribution in [2.75, 3.05) is 13.7 Å². The van der Waals surface area contributed by atoms with Gasteiger partial charge in [0, 0.05) is 8.95 Å². The van der Waals surface area contributed by atoms with E-state index in [0.29, 0.717) is 21.7 Å². The van der Waals surface area contributed by atoms with Gasteiger partial charge in [-0.05, 0) is 52.7 Å². The number of carbonyl (C=O) groups is 1. The summed E-state index contributed by atoms with van der Waals surface area (Å²) in [6.45, 7) is 1.63. The van der Waals surface area contributed by atoms with Crippen LogP contribution in [-0.4, -0.2) is 25.3 Å². The van der Waals surface area contributed by atoms with E-state index in [1.807, 2.05) is 37.3 Å². The molecule has 0 aliphatic heterocycles. The number of halogens is 3. The molecule has 0 aliphatic carbocycles. The average molecular weight is 535 g/mol. The van der Waals surface area contributed by atoms with Crippen molar-refractivity contribution >= 4 is 59.4 Å². The quantitative estimate of drug-likeness (QED) is 0.423. The zero-order chi connectivity index (χ0) is 18.4. The second-order valence-corrected chi connectivity index (χ2v) is 7.63. The van der Waals surface area contributed by atoms with Crippen LogP contribution in [0.5, 0.6) is 11.5 Å². The first-order chi connectivity index (χ1) is 11.9. The van der Waals surface area contributed by atoms with Crippen molar-refractivity contribution in [3.63, 3.8) is 0 Å². The van der Waals surface area contributed by atoms with Gasteiger partial charge < -0.3 is 9.47 Å². The number of nitrogens with zero attached hydrogens (tertiary/aromatic N) is 1. The number of hydrogen-bond acceptors (Lipinski definition) is 4. The third kappa shape index (κ3) is 5.83. The van der Waals surface area contributed by atoms with E-state index in [4.69, 9.17) is 9.47 Å². The minimum absolute atomic E-state index is 0.187. The van der Waals surface area contributed by atoms with Gasteiger partial charge >= 0.3 is 0 Å². The lowest BCUT2D eigenvalue weighted by Gasteiger charge is -2.12. The highest BCUT2D eigenvalue weighted by Gasteiger charge is 2.13. The Kier molecular flexibility index (Phi) is 7.46. The molecule has 0 heterocycles. The fraction of sp³-hybridized carbons (Fsp3) is 0.176. The van der Waals surface area contributed by atoms with Gasteiger partial charge in [0.15, 0.2) is 18.1 Å². The molecule has 0 radical (unpaired) electrons. The number of benzene rings is 2. The fourth-order valence-electron chi connectivity index (χ4n) is 1.90. The van der Waals surface area contributed by atoms with Crippen LogP contribution in [0.4, 0.5) is 0 Å². The summed E-state index contributed by atoms with van der Waals surface area (Å²) in [5.74, 6) is 0.603. The zero-order valence-electron chi connectivity index (χ0n) is 13.5. The van der Waals surface area contributed by atoms with Crippen molar-refractivity contribution in [3.05, 3.63) is 55.4 Å². The topological polar surface area (TPSA) is 59.9 Å². The molecule has 8 heteroatoms. The Balaban J connectivity index is 1.97. The van der Waals surface area contributed by atoms with Crippen LogP contribution in [-0.2, 0) is 4.79 Å². The second-order valence-electron chi connectivity index (χ2n) is 4.95. The smallest absolute Gasteiger partial charge is 0.277 e. The van der Waals surface area contributed by atoms with Crippen molar-refractivity contribution in [2.24, 2.45) is 5.10 Å². The van der Waals surface area contributed by atoms with Crippen LogP contribution in [0.2, 0.25) is 0 Å². The Morgan fingerprint density at radius 1 is 1.12 bits per heavy atom. The molecule has 2 aromatic carbocycles. The number of rotatable bonds is 6. The molecule has 0 aliphatic rings. The number of hydrogen-bond donors (Lipinski definition) is 1. The Labute approximate surface area is 171 Å². The van der Waals surface area contributed by atoms with Gasteiger partial charge in [0.05, 0.1) is 17.3 Å². The molecule has 0 fully saturated rings. The third-order valence-corrected chi connectivity index (χ3v) is 4.73. The van der Waals surface area contributed by atoms with Crippen molar-refractivity contribution in [3.8, 4) is 11.5 Å². The first-order valence-corrected chi connectivity index (χ1v) is 9.53. The van der Waals surface area contributed by atoms with Crippen LogP contribution in [0.15, 0.2) is 54.9 Å². The van der Waals surface area contributed by atoms with Crippen LogP contribution >= 0.6 is 47.8 Å². The normalized spacial score (nSPS) is 11.2. The highest BCUT2D eigenvalue weighted by atomic mass is 79.9. The largest absolute Gasteiger partial charge is 0.493 e. The SMILES string of the molecule is COc1cc(Br)cc(Br)c1OCC(=O)NN=C(C)c1ccc(Br)cc1. The molecule has 0 saturated carbocycles. The summed E-state index contributed by atoms with van der Waals surface area (Å²) in [4.78, 5) is 12.0. The molecule has 132 valence electrons. The summed E-state index contributed by atoms with van der Waals surface area (Å²) in [5.41, 5.74) is 4.10. The van der Waals surface area contributed by atoms with Gasteiger partial charge in [-0.2, -0.15) is 5.10 Å². The van der Waals surface area contributed by atoms with Crippen LogP contribution in [0, 0.1) is 0 Å². The molecule has 0 bridgehead atoms. The lowest BCUT2D eigenvalue weighted by atomic mass is 10.1. The predicted molar refractivity (Wildman–Crippen MR) is 108 cm³/mol. The predicted octanol–water partition coefficient (Wildman–Crippen LogP) is 4.90. The molecule has 5 nitrogen and oxygen atoms in total. The maximum atomic E-state index is 12.0. The first-order valence-electron chi connectivity index (χ1n) is 7.15. The van der Waals surface area contributed by atoms with E-state index < -0.39 is 0 Å². The molecule has 0 atom stereocenters. The highest BCUT2D eigenvalue weighted by Crippen LogP contribution is 2.38. The van der Waals surface area contributed by atoms with E-state index in [9.17, 15) is 4.79 Å². The summed E-state index contributed by atoms with van der Waals surface area (Å²) in [6, 6.07) is 11.2. The molecular formula is C17H15Br3N2O3. The van der Waals surface area contributed by atoms with Crippen molar-refractivity contribution in [2.45, 2.75) is 6.92 Å². The second kappa shape index (κ2) is 9.35. The van der Waals surface area contributed by atoms with Gasteiger partial charge in [0.1, 0.15) is 0 Å². The van der Waals surface area contributed by atoms with Crippen LogP contribution in [0.1, 0.15) is 12.5 Å². The lowest BCUT2D eigenvalue weighted by molar-refractivity contribution is -0.123. The number of carbonyl (C=O) groups excluding carboxylic acids is 1. The highest BCUT2D eigenvalue weighted by molar-refractivity contribution is 9.11. The lowest BCUT2D eigenvalue weighted by Crippen LogP contribution is -2.25. The average Bonchev–Trinajstić information content (AvgIpc) is 2.58. The first kappa shape index (κ1) is 19.9. The maximum Gasteiger partial charge on any atom is 0.277 e. The monoisotopic (exact) mass is 532 g/mol. The summed E-state index contributed by atoms with van der Waals surface area (Å²) >= 11 is 10.1. The minimum Gasteiger partial charge on any atom is -0.493 e. The van der Waals surface area contributed by atoms with Gasteiger partial charge in [-0.15, -0.1) is 0 Å². The number of amides is 1. The van der Waals surface area contributed by atoms with Gasteiger partial charge in [0.25, 0.3) is 5.91 Å². The van der Waals surface area contributed by atoms with E-state index in [-0.39, 0.29) is 12.5 Å². The van der Waals surface area contributed by atoms with E-state index in [1.54, 1.807) is 6.07 Å². The number of methoxy groups -OCH3 is 1. The van der Waals surface area contributed by atoms with Crippen molar-refractivity contribution in [1.82, 2.24) is 5.43 Å². The van der Waals surface area contributed by atoms with Crippen molar-refractivity contribution < 1.29 is 14.3 Å². The molecule has 1 N–H and O–H groups in total. The van der Waals surface area contributed by atoms with E-state index >= 15 is 0 Å². The van der Waals surface area contributed by atoms with Crippen LogP contribution in [0.25, 0.3) is 0 Å². The molecular weight excluding hydrogens is 520 g/mol. The van der Waals surface area contributed by atoms with Crippen LogP contribution < -0.4 is 14.9 Å². The van der Waals surface area contributed by atoms with E-state index in [0.717, 1.165) is 14.5 Å². The molecule has 2 aromatic rings. The third-order valence-electron chi connectivity index (χ3n) is 3.15. The number of nitrogens with one attached hydrogen (secondary N) is 1. The number of hydrazone groups is 1. The van der Waals surface area contributed by atoms with Gasteiger partial charge in [-0.25, -0.2) is 5.43 Å². The Hall–Kier alpha value is -1.38. The van der Waals surface area contributed by atoms with E-state index in [1.165, 1.54) is 7.11 Å². The summed E-state index contributed by atoms with van der Waals surface area (Å²) in [7, 11) is 1.53. The summed E-state index contributed by atoms with van der Waals surface area (Å²) in [5, 5.41) is 4.09. The fourth-order valence-corrected chi connectivity index (χ4v) is 3.47.